The SMILES string of the molecule is Cc1cc(C(=O)N2CCNC[C@H]2C)nn1C(C)(C)C. The molecule has 0 saturated carbocycles. The second-order valence-electron chi connectivity index (χ2n) is 6.31. The lowest BCUT2D eigenvalue weighted by atomic mass is 10.1. The number of aryl methyl sites for hydroxylation is 1. The average molecular weight is 264 g/mol. The van der Waals surface area contributed by atoms with E-state index in [4.69, 9.17) is 0 Å². The van der Waals surface area contributed by atoms with Crippen molar-refractivity contribution in [1.29, 1.82) is 0 Å². The van der Waals surface area contributed by atoms with Gasteiger partial charge >= 0.3 is 0 Å². The highest BCUT2D eigenvalue weighted by molar-refractivity contribution is 5.92. The largest absolute Gasteiger partial charge is 0.332 e. The van der Waals surface area contributed by atoms with Gasteiger partial charge in [0.15, 0.2) is 5.69 Å². The summed E-state index contributed by atoms with van der Waals surface area (Å²) < 4.78 is 1.92. The molecule has 0 unspecified atom stereocenters. The summed E-state index contributed by atoms with van der Waals surface area (Å²) in [4.78, 5) is 14.4. The molecule has 0 spiro atoms. The Morgan fingerprint density at radius 3 is 2.68 bits per heavy atom. The first-order valence-corrected chi connectivity index (χ1v) is 6.89. The maximum Gasteiger partial charge on any atom is 0.274 e. The smallest absolute Gasteiger partial charge is 0.274 e. The van der Waals surface area contributed by atoms with Gasteiger partial charge < -0.3 is 10.2 Å². The Kier molecular flexibility index (Phi) is 3.67. The fraction of sp³-hybridized carbons (Fsp3) is 0.714. The van der Waals surface area contributed by atoms with E-state index in [0.717, 1.165) is 25.3 Å². The summed E-state index contributed by atoms with van der Waals surface area (Å²) in [6.07, 6.45) is 0. The standard InChI is InChI=1S/C14H24N4O/c1-10-8-12(16-18(10)14(3,4)5)13(19)17-7-6-15-9-11(17)2/h8,11,15H,6-7,9H2,1-5H3/t11-/m1/s1. The maximum absolute atomic E-state index is 12.5. The van der Waals surface area contributed by atoms with Crippen LogP contribution in [-0.4, -0.2) is 46.3 Å². The summed E-state index contributed by atoms with van der Waals surface area (Å²) in [5, 5.41) is 7.79. The Labute approximate surface area is 115 Å². The third-order valence-corrected chi connectivity index (χ3v) is 3.50. The van der Waals surface area contributed by atoms with E-state index in [1.807, 2.05) is 22.6 Å². The third kappa shape index (κ3) is 2.81. The zero-order valence-corrected chi connectivity index (χ0v) is 12.5. The lowest BCUT2D eigenvalue weighted by Gasteiger charge is -2.33. The van der Waals surface area contributed by atoms with Crippen molar-refractivity contribution < 1.29 is 4.79 Å². The molecule has 19 heavy (non-hydrogen) atoms. The lowest BCUT2D eigenvalue weighted by molar-refractivity contribution is 0.0648. The van der Waals surface area contributed by atoms with Gasteiger partial charge in [0.25, 0.3) is 5.91 Å². The van der Waals surface area contributed by atoms with E-state index >= 15 is 0 Å². The number of nitrogens with zero attached hydrogens (tertiary/aromatic N) is 3. The zero-order valence-electron chi connectivity index (χ0n) is 12.5. The van der Waals surface area contributed by atoms with Gasteiger partial charge in [0, 0.05) is 31.4 Å². The fourth-order valence-corrected chi connectivity index (χ4v) is 2.55. The van der Waals surface area contributed by atoms with Gasteiger partial charge in [0.2, 0.25) is 0 Å². The minimum atomic E-state index is -0.0995. The van der Waals surface area contributed by atoms with Crippen molar-refractivity contribution in [2.45, 2.75) is 46.2 Å². The van der Waals surface area contributed by atoms with E-state index in [1.165, 1.54) is 0 Å². The van der Waals surface area contributed by atoms with Crippen molar-refractivity contribution in [2.75, 3.05) is 19.6 Å². The summed E-state index contributed by atoms with van der Waals surface area (Å²) in [6.45, 7) is 12.8. The topological polar surface area (TPSA) is 50.2 Å². The van der Waals surface area contributed by atoms with Gasteiger partial charge in [-0.05, 0) is 40.7 Å². The van der Waals surface area contributed by atoms with E-state index in [-0.39, 0.29) is 17.5 Å². The monoisotopic (exact) mass is 264 g/mol. The molecule has 1 N–H and O–H groups in total. The molecule has 1 saturated heterocycles. The molecule has 1 aliphatic rings. The summed E-state index contributed by atoms with van der Waals surface area (Å²) in [5.74, 6) is 0.0418. The van der Waals surface area contributed by atoms with Gasteiger partial charge in [0.1, 0.15) is 0 Å². The normalized spacial score (nSPS) is 20.7. The second-order valence-corrected chi connectivity index (χ2v) is 6.31. The zero-order chi connectivity index (χ0) is 14.2. The number of hydrogen-bond acceptors (Lipinski definition) is 3. The van der Waals surface area contributed by atoms with E-state index < -0.39 is 0 Å². The molecule has 0 aliphatic carbocycles. The molecule has 1 aromatic rings. The van der Waals surface area contributed by atoms with Crippen LogP contribution >= 0.6 is 0 Å². The molecule has 0 bridgehead atoms. The Morgan fingerprint density at radius 2 is 2.16 bits per heavy atom. The molecule has 2 heterocycles. The number of piperazine rings is 1. The Bertz CT molecular complexity index is 472. The predicted molar refractivity (Wildman–Crippen MR) is 75.3 cm³/mol. The molecule has 1 atom stereocenters. The number of aromatic nitrogens is 2. The summed E-state index contributed by atoms with van der Waals surface area (Å²) in [5.41, 5.74) is 1.48. The van der Waals surface area contributed by atoms with Crippen LogP contribution < -0.4 is 5.32 Å². The van der Waals surface area contributed by atoms with Crippen molar-refractivity contribution in [3.8, 4) is 0 Å². The van der Waals surface area contributed by atoms with Crippen LogP contribution in [-0.2, 0) is 5.54 Å². The van der Waals surface area contributed by atoms with Crippen LogP contribution in [0.15, 0.2) is 6.07 Å². The third-order valence-electron chi connectivity index (χ3n) is 3.50. The van der Waals surface area contributed by atoms with Gasteiger partial charge in [-0.1, -0.05) is 0 Å². The van der Waals surface area contributed by atoms with E-state index in [2.05, 4.69) is 38.1 Å². The fourth-order valence-electron chi connectivity index (χ4n) is 2.55. The van der Waals surface area contributed by atoms with Crippen molar-refractivity contribution in [1.82, 2.24) is 20.0 Å². The molecule has 0 aromatic carbocycles. The van der Waals surface area contributed by atoms with Crippen molar-refractivity contribution in [2.24, 2.45) is 0 Å². The van der Waals surface area contributed by atoms with E-state index in [0.29, 0.717) is 5.69 Å². The molecule has 1 amide bonds. The molecular weight excluding hydrogens is 240 g/mol. The molecule has 5 nitrogen and oxygen atoms in total. The number of amides is 1. The Morgan fingerprint density at radius 1 is 1.47 bits per heavy atom. The van der Waals surface area contributed by atoms with Crippen molar-refractivity contribution >= 4 is 5.91 Å². The van der Waals surface area contributed by atoms with Crippen molar-refractivity contribution in [3.63, 3.8) is 0 Å². The average Bonchev–Trinajstić information content (AvgIpc) is 2.71. The molecule has 1 aliphatic heterocycles. The van der Waals surface area contributed by atoms with Crippen LogP contribution in [0.2, 0.25) is 0 Å². The molecule has 106 valence electrons. The first-order chi connectivity index (χ1) is 8.80. The Balaban J connectivity index is 2.25. The number of carbonyl (C=O) groups is 1. The number of hydrogen-bond donors (Lipinski definition) is 1. The summed E-state index contributed by atoms with van der Waals surface area (Å²) in [6, 6.07) is 2.11. The molecule has 1 fully saturated rings. The first kappa shape index (κ1) is 14.1. The molecule has 2 rings (SSSR count). The molecular formula is C14H24N4O. The van der Waals surface area contributed by atoms with Crippen LogP contribution in [0.25, 0.3) is 0 Å². The summed E-state index contributed by atoms with van der Waals surface area (Å²) >= 11 is 0. The first-order valence-electron chi connectivity index (χ1n) is 6.89. The predicted octanol–water partition coefficient (Wildman–Crippen LogP) is 1.38. The summed E-state index contributed by atoms with van der Waals surface area (Å²) in [7, 11) is 0. The van der Waals surface area contributed by atoms with Crippen LogP contribution in [0.4, 0.5) is 0 Å². The lowest BCUT2D eigenvalue weighted by Crippen LogP contribution is -2.52. The maximum atomic E-state index is 12.5. The highest BCUT2D eigenvalue weighted by atomic mass is 16.2. The van der Waals surface area contributed by atoms with Crippen LogP contribution in [0.5, 0.6) is 0 Å². The van der Waals surface area contributed by atoms with Crippen LogP contribution in [0, 0.1) is 6.92 Å². The van der Waals surface area contributed by atoms with Crippen LogP contribution in [0.3, 0.4) is 0 Å². The molecule has 5 heteroatoms. The van der Waals surface area contributed by atoms with E-state index in [1.54, 1.807) is 0 Å². The number of carbonyl (C=O) groups excluding carboxylic acids is 1. The van der Waals surface area contributed by atoms with Gasteiger partial charge in [-0.2, -0.15) is 5.10 Å². The van der Waals surface area contributed by atoms with Gasteiger partial charge in [-0.3, -0.25) is 9.48 Å². The van der Waals surface area contributed by atoms with Gasteiger partial charge in [0.05, 0.1) is 5.54 Å². The second kappa shape index (κ2) is 4.96. The highest BCUT2D eigenvalue weighted by Crippen LogP contribution is 2.18. The number of nitrogens with one attached hydrogen (secondary N) is 1. The van der Waals surface area contributed by atoms with Crippen molar-refractivity contribution in [3.05, 3.63) is 17.5 Å². The minimum Gasteiger partial charge on any atom is -0.332 e. The highest BCUT2D eigenvalue weighted by Gasteiger charge is 2.27. The number of rotatable bonds is 1. The molecule has 1 aromatic heterocycles. The van der Waals surface area contributed by atoms with Crippen LogP contribution in [0.1, 0.15) is 43.9 Å². The van der Waals surface area contributed by atoms with Gasteiger partial charge in [-0.15, -0.1) is 0 Å². The van der Waals surface area contributed by atoms with Gasteiger partial charge in [-0.25, -0.2) is 0 Å². The minimum absolute atomic E-state index is 0.0418. The Hall–Kier alpha value is -1.36. The van der Waals surface area contributed by atoms with E-state index in [9.17, 15) is 4.79 Å². The molecule has 0 radical (unpaired) electrons. The quantitative estimate of drug-likeness (QED) is 0.833.